The number of hydrogen-bond acceptors (Lipinski definition) is 6. The number of nitrogens with zero attached hydrogens (tertiary/aromatic N) is 4. The van der Waals surface area contributed by atoms with Crippen LogP contribution in [0.5, 0.6) is 0 Å². The SMILES string of the molecule is CCC(=O)c1cc(C)c(-c2cc3cnc(=NC(=O)OC(C)(C)C)cc-3n3c2NCC3)cn1. The number of ketones is 1. The zero-order chi connectivity index (χ0) is 23.0. The molecule has 3 aliphatic rings. The third-order valence-corrected chi connectivity index (χ3v) is 5.25. The van der Waals surface area contributed by atoms with Gasteiger partial charge in [0.05, 0.1) is 5.69 Å². The average Bonchev–Trinajstić information content (AvgIpc) is 3.21. The number of aromatic nitrogens is 3. The minimum atomic E-state index is -0.663. The fourth-order valence-corrected chi connectivity index (χ4v) is 3.80. The normalized spacial score (nSPS) is 13.7. The maximum atomic E-state index is 12.1. The predicted molar refractivity (Wildman–Crippen MR) is 122 cm³/mol. The summed E-state index contributed by atoms with van der Waals surface area (Å²) in [4.78, 5) is 36.9. The summed E-state index contributed by atoms with van der Waals surface area (Å²) < 4.78 is 7.43. The molecule has 1 aromatic heterocycles. The average molecular weight is 434 g/mol. The summed E-state index contributed by atoms with van der Waals surface area (Å²) in [6, 6.07) is 5.70. The Morgan fingerprint density at radius 2 is 1.94 bits per heavy atom. The van der Waals surface area contributed by atoms with Crippen LogP contribution in [0.1, 0.15) is 50.2 Å². The summed E-state index contributed by atoms with van der Waals surface area (Å²) in [6.45, 7) is 10.8. The van der Waals surface area contributed by atoms with Crippen LogP contribution in [0, 0.1) is 6.92 Å². The van der Waals surface area contributed by atoms with E-state index in [-0.39, 0.29) is 5.78 Å². The Labute approximate surface area is 186 Å². The van der Waals surface area contributed by atoms with E-state index < -0.39 is 11.7 Å². The maximum Gasteiger partial charge on any atom is 0.436 e. The van der Waals surface area contributed by atoms with E-state index in [4.69, 9.17) is 4.74 Å². The number of anilines is 1. The van der Waals surface area contributed by atoms with Crippen LogP contribution in [0.2, 0.25) is 0 Å². The number of aryl methyl sites for hydroxylation is 1. The van der Waals surface area contributed by atoms with Gasteiger partial charge < -0.3 is 14.6 Å². The molecule has 0 bridgehead atoms. The van der Waals surface area contributed by atoms with Gasteiger partial charge in [0.2, 0.25) is 0 Å². The Kier molecular flexibility index (Phi) is 5.54. The Balaban J connectivity index is 1.81. The van der Waals surface area contributed by atoms with Gasteiger partial charge in [0.15, 0.2) is 11.3 Å². The summed E-state index contributed by atoms with van der Waals surface area (Å²) in [6.07, 6.45) is 3.24. The number of Topliss-reactive ketones (excluding diaryl/α,β-unsaturated/α-hetero) is 1. The molecule has 0 aromatic carbocycles. The molecule has 4 rings (SSSR count). The van der Waals surface area contributed by atoms with E-state index in [2.05, 4.69) is 30.9 Å². The number of hydrogen-bond donors (Lipinski definition) is 1. The van der Waals surface area contributed by atoms with Gasteiger partial charge in [-0.3, -0.25) is 9.78 Å². The van der Waals surface area contributed by atoms with Gasteiger partial charge >= 0.3 is 6.09 Å². The monoisotopic (exact) mass is 433 g/mol. The molecule has 8 nitrogen and oxygen atoms in total. The van der Waals surface area contributed by atoms with E-state index in [0.29, 0.717) is 17.6 Å². The first-order chi connectivity index (χ1) is 15.2. The fraction of sp³-hybridized carbons (Fsp3) is 0.375. The number of nitrogens with one attached hydrogen (secondary N) is 1. The van der Waals surface area contributed by atoms with Gasteiger partial charge in [-0.2, -0.15) is 4.99 Å². The van der Waals surface area contributed by atoms with Crippen molar-refractivity contribution >= 4 is 17.7 Å². The number of carbonyl (C=O) groups excluding carboxylic acids is 2. The van der Waals surface area contributed by atoms with Crippen molar-refractivity contribution in [2.24, 2.45) is 4.99 Å². The third kappa shape index (κ3) is 4.26. The van der Waals surface area contributed by atoms with Crippen molar-refractivity contribution in [1.29, 1.82) is 0 Å². The molecule has 0 saturated carbocycles. The standard InChI is InChI=1S/C24H27N5O3/c1-6-20(30)18-9-14(2)17(13-26-18)16-10-15-12-27-21(28-23(31)32-24(3,4)5)11-19(15)29-8-7-25-22(16)29/h9-13,25H,6-8H2,1-5H3. The first kappa shape index (κ1) is 21.7. The molecular weight excluding hydrogens is 406 g/mol. The molecule has 0 fully saturated rings. The van der Waals surface area contributed by atoms with Gasteiger partial charge in [-0.25, -0.2) is 9.78 Å². The van der Waals surface area contributed by atoms with Gasteiger partial charge in [-0.1, -0.05) is 6.92 Å². The Morgan fingerprint density at radius 1 is 1.16 bits per heavy atom. The minimum absolute atomic E-state index is 0.0290. The Hall–Kier alpha value is -3.55. The highest BCUT2D eigenvalue weighted by Crippen LogP contribution is 2.38. The topological polar surface area (TPSA) is 98.5 Å². The smallest absolute Gasteiger partial charge is 0.436 e. The third-order valence-electron chi connectivity index (χ3n) is 5.25. The molecule has 3 aliphatic heterocycles. The van der Waals surface area contributed by atoms with Crippen LogP contribution in [0.4, 0.5) is 10.6 Å². The number of amides is 1. The van der Waals surface area contributed by atoms with Crippen LogP contribution < -0.4 is 10.8 Å². The number of carbonyl (C=O) groups is 2. The van der Waals surface area contributed by atoms with Crippen LogP contribution in [0.25, 0.3) is 22.4 Å². The molecule has 166 valence electrons. The van der Waals surface area contributed by atoms with Crippen LogP contribution in [0.15, 0.2) is 35.6 Å². The molecule has 0 unspecified atom stereocenters. The van der Waals surface area contributed by atoms with E-state index in [0.717, 1.165) is 46.9 Å². The molecular formula is C24H27N5O3. The number of rotatable bonds is 3. The lowest BCUT2D eigenvalue weighted by Crippen LogP contribution is -2.24. The number of pyridine rings is 3. The van der Waals surface area contributed by atoms with Crippen molar-refractivity contribution in [2.75, 3.05) is 11.9 Å². The van der Waals surface area contributed by atoms with Gasteiger partial charge in [-0.05, 0) is 45.4 Å². The van der Waals surface area contributed by atoms with E-state index in [9.17, 15) is 9.59 Å². The van der Waals surface area contributed by atoms with Crippen molar-refractivity contribution in [3.05, 3.63) is 47.3 Å². The molecule has 0 aliphatic carbocycles. The molecule has 8 heteroatoms. The van der Waals surface area contributed by atoms with Crippen LogP contribution >= 0.6 is 0 Å². The molecule has 0 atom stereocenters. The highest BCUT2D eigenvalue weighted by molar-refractivity contribution is 5.95. The lowest BCUT2D eigenvalue weighted by molar-refractivity contribution is 0.0596. The van der Waals surface area contributed by atoms with Crippen LogP contribution in [0.3, 0.4) is 0 Å². The lowest BCUT2D eigenvalue weighted by atomic mass is 9.98. The first-order valence-corrected chi connectivity index (χ1v) is 10.7. The summed E-state index contributed by atoms with van der Waals surface area (Å²) in [5, 5.41) is 3.45. The number of fused-ring (bicyclic) bond motifs is 3. The van der Waals surface area contributed by atoms with Gasteiger partial charge in [0.1, 0.15) is 17.1 Å². The molecule has 1 N–H and O–H groups in total. The summed E-state index contributed by atoms with van der Waals surface area (Å²) in [5.74, 6) is 0.993. The molecule has 4 heterocycles. The highest BCUT2D eigenvalue weighted by Gasteiger charge is 2.23. The quantitative estimate of drug-likeness (QED) is 0.621. The van der Waals surface area contributed by atoms with Crippen molar-refractivity contribution in [3.8, 4) is 22.4 Å². The molecule has 1 aromatic rings. The zero-order valence-corrected chi connectivity index (χ0v) is 19.0. The van der Waals surface area contributed by atoms with Crippen molar-refractivity contribution in [1.82, 2.24) is 14.5 Å². The predicted octanol–water partition coefficient (Wildman–Crippen LogP) is 4.21. The molecule has 32 heavy (non-hydrogen) atoms. The Bertz CT molecular complexity index is 1250. The summed E-state index contributed by atoms with van der Waals surface area (Å²) in [7, 11) is 0. The summed E-state index contributed by atoms with van der Waals surface area (Å²) >= 11 is 0. The second-order valence-corrected chi connectivity index (χ2v) is 8.84. The zero-order valence-electron chi connectivity index (χ0n) is 19.0. The van der Waals surface area contributed by atoms with Crippen molar-refractivity contribution in [2.45, 2.75) is 53.2 Å². The van der Waals surface area contributed by atoms with Crippen molar-refractivity contribution < 1.29 is 14.3 Å². The van der Waals surface area contributed by atoms with Crippen LogP contribution in [-0.2, 0) is 11.3 Å². The number of ether oxygens (including phenoxy) is 1. The van der Waals surface area contributed by atoms with Gasteiger partial charge in [-0.15, -0.1) is 0 Å². The molecule has 1 amide bonds. The van der Waals surface area contributed by atoms with E-state index in [1.807, 2.05) is 19.9 Å². The van der Waals surface area contributed by atoms with Crippen LogP contribution in [-0.4, -0.2) is 38.6 Å². The molecule has 0 saturated heterocycles. The lowest BCUT2D eigenvalue weighted by Gasteiger charge is -2.19. The second kappa shape index (κ2) is 8.18. The first-order valence-electron chi connectivity index (χ1n) is 10.7. The molecule has 0 radical (unpaired) electrons. The molecule has 0 spiro atoms. The largest absolute Gasteiger partial charge is 0.442 e. The highest BCUT2D eigenvalue weighted by atomic mass is 16.6. The fourth-order valence-electron chi connectivity index (χ4n) is 3.80. The van der Waals surface area contributed by atoms with Gasteiger partial charge in [0, 0.05) is 54.7 Å². The summed E-state index contributed by atoms with van der Waals surface area (Å²) in [5.41, 5.74) is 4.96. The maximum absolute atomic E-state index is 12.1. The second-order valence-electron chi connectivity index (χ2n) is 8.84. The van der Waals surface area contributed by atoms with E-state index in [1.54, 1.807) is 39.2 Å². The minimum Gasteiger partial charge on any atom is -0.442 e. The van der Waals surface area contributed by atoms with E-state index in [1.165, 1.54) is 0 Å². The van der Waals surface area contributed by atoms with Crippen molar-refractivity contribution in [3.63, 3.8) is 0 Å². The Morgan fingerprint density at radius 3 is 2.62 bits per heavy atom. The van der Waals surface area contributed by atoms with E-state index >= 15 is 0 Å². The van der Waals surface area contributed by atoms with Gasteiger partial charge in [0.25, 0.3) is 0 Å².